The van der Waals surface area contributed by atoms with Gasteiger partial charge < -0.3 is 4.57 Å². The molecule has 1 aliphatic carbocycles. The average Bonchev–Trinajstić information content (AvgIpc) is 3.56. The summed E-state index contributed by atoms with van der Waals surface area (Å²) in [6, 6.07) is 25.8. The molecule has 10 heteroatoms. The van der Waals surface area contributed by atoms with Crippen molar-refractivity contribution in [3.8, 4) is 22.5 Å². The smallest absolute Gasteiger partial charge is 0.318 e. The number of nitrogens with zero attached hydrogens (tertiary/aromatic N) is 7. The summed E-state index contributed by atoms with van der Waals surface area (Å²) in [6.07, 6.45) is 2.08. The fourth-order valence-electron chi connectivity index (χ4n) is 5.69. The number of imidazole rings is 1. The fraction of sp³-hybridized carbons (Fsp3) is 0.250. The molecule has 0 saturated heterocycles. The van der Waals surface area contributed by atoms with Crippen molar-refractivity contribution in [3.05, 3.63) is 117 Å². The summed E-state index contributed by atoms with van der Waals surface area (Å²) in [5.74, 6) is 1.66. The van der Waals surface area contributed by atoms with E-state index in [1.807, 2.05) is 73.0 Å². The molecule has 1 aliphatic rings. The Balaban J connectivity index is 1.31. The van der Waals surface area contributed by atoms with Crippen molar-refractivity contribution in [3.63, 3.8) is 0 Å². The molecule has 42 heavy (non-hydrogen) atoms. The number of aromatic amines is 1. The van der Waals surface area contributed by atoms with Crippen LogP contribution in [0.5, 0.6) is 0 Å². The van der Waals surface area contributed by atoms with Crippen molar-refractivity contribution in [2.24, 2.45) is 5.92 Å². The molecule has 210 valence electrons. The average molecular weight is 559 g/mol. The van der Waals surface area contributed by atoms with Gasteiger partial charge in [0.2, 0.25) is 0 Å². The minimum absolute atomic E-state index is 0.273. The number of tetrazole rings is 1. The number of H-pyrrole nitrogens is 1. The van der Waals surface area contributed by atoms with Crippen LogP contribution in [0, 0.1) is 12.8 Å². The molecule has 1 saturated carbocycles. The zero-order valence-electron chi connectivity index (χ0n) is 23.4. The Morgan fingerprint density at radius 2 is 1.62 bits per heavy atom. The third kappa shape index (κ3) is 4.54. The fourth-order valence-corrected chi connectivity index (χ4v) is 5.69. The van der Waals surface area contributed by atoms with E-state index in [1.54, 1.807) is 4.57 Å². The van der Waals surface area contributed by atoms with E-state index in [0.29, 0.717) is 41.8 Å². The van der Waals surface area contributed by atoms with Gasteiger partial charge in [0.25, 0.3) is 5.56 Å². The molecular formula is C32H30N8O2. The number of nitrogens with one attached hydrogen (secondary N) is 1. The molecule has 1 N–H and O–H groups in total. The number of aryl methyl sites for hydroxylation is 1. The number of fused-ring (bicyclic) bond motifs is 1. The van der Waals surface area contributed by atoms with Crippen LogP contribution in [-0.4, -0.2) is 39.3 Å². The molecule has 0 spiro atoms. The van der Waals surface area contributed by atoms with Crippen LogP contribution < -0.4 is 11.2 Å². The second kappa shape index (κ2) is 10.4. The van der Waals surface area contributed by atoms with Crippen LogP contribution in [0.15, 0.2) is 88.5 Å². The van der Waals surface area contributed by atoms with Crippen LogP contribution >= 0.6 is 0 Å². The summed E-state index contributed by atoms with van der Waals surface area (Å²) in [5, 5.41) is 14.4. The van der Waals surface area contributed by atoms with E-state index in [2.05, 4.69) is 44.9 Å². The third-order valence-corrected chi connectivity index (χ3v) is 8.19. The van der Waals surface area contributed by atoms with E-state index in [4.69, 9.17) is 4.98 Å². The molecule has 3 aromatic heterocycles. The van der Waals surface area contributed by atoms with Crippen molar-refractivity contribution in [2.45, 2.75) is 45.8 Å². The zero-order valence-corrected chi connectivity index (χ0v) is 23.4. The molecule has 1 unspecified atom stereocenters. The van der Waals surface area contributed by atoms with Gasteiger partial charge in [0, 0.05) is 18.7 Å². The lowest BCUT2D eigenvalue weighted by atomic mass is 9.98. The van der Waals surface area contributed by atoms with Crippen LogP contribution in [0.2, 0.25) is 0 Å². The van der Waals surface area contributed by atoms with Crippen molar-refractivity contribution in [1.82, 2.24) is 39.3 Å². The summed E-state index contributed by atoms with van der Waals surface area (Å²) < 4.78 is 5.06. The molecule has 1 atom stereocenters. The number of rotatable bonds is 8. The van der Waals surface area contributed by atoms with Gasteiger partial charge in [0.1, 0.15) is 5.82 Å². The Labute approximate surface area is 241 Å². The molecule has 0 radical (unpaired) electrons. The van der Waals surface area contributed by atoms with Crippen LogP contribution in [0.3, 0.4) is 0 Å². The predicted octanol–water partition coefficient (Wildman–Crippen LogP) is 4.58. The number of benzene rings is 3. The van der Waals surface area contributed by atoms with E-state index in [-0.39, 0.29) is 17.3 Å². The van der Waals surface area contributed by atoms with Gasteiger partial charge in [-0.05, 0) is 65.3 Å². The molecule has 10 nitrogen and oxygen atoms in total. The normalized spacial score (nSPS) is 14.0. The first-order chi connectivity index (χ1) is 20.5. The van der Waals surface area contributed by atoms with E-state index >= 15 is 0 Å². The Hall–Kier alpha value is -5.12. The van der Waals surface area contributed by atoms with Crippen LogP contribution in [-0.2, 0) is 13.1 Å². The minimum atomic E-state index is -0.301. The van der Waals surface area contributed by atoms with Gasteiger partial charge in [-0.15, -0.1) is 5.10 Å². The second-order valence-electron chi connectivity index (χ2n) is 11.0. The monoisotopic (exact) mass is 558 g/mol. The lowest BCUT2D eigenvalue weighted by Crippen LogP contribution is -2.42. The van der Waals surface area contributed by atoms with Crippen molar-refractivity contribution < 1.29 is 0 Å². The summed E-state index contributed by atoms with van der Waals surface area (Å²) >= 11 is 0. The summed E-state index contributed by atoms with van der Waals surface area (Å²) in [4.78, 5) is 32.5. The zero-order chi connectivity index (χ0) is 28.8. The number of aromatic nitrogens is 8. The molecule has 6 aromatic rings. The van der Waals surface area contributed by atoms with Crippen LogP contribution in [0.25, 0.3) is 33.7 Å². The first kappa shape index (κ1) is 25.8. The highest BCUT2D eigenvalue weighted by Crippen LogP contribution is 2.31. The Bertz CT molecular complexity index is 2000. The van der Waals surface area contributed by atoms with Crippen molar-refractivity contribution >= 4 is 11.2 Å². The number of hydrogen-bond acceptors (Lipinski definition) is 6. The molecule has 0 bridgehead atoms. The molecule has 1 fully saturated rings. The van der Waals surface area contributed by atoms with E-state index < -0.39 is 0 Å². The van der Waals surface area contributed by atoms with Gasteiger partial charge >= 0.3 is 5.69 Å². The van der Waals surface area contributed by atoms with Gasteiger partial charge in [-0.1, -0.05) is 78.9 Å². The molecule has 0 amide bonds. The van der Waals surface area contributed by atoms with Gasteiger partial charge in [-0.25, -0.2) is 14.9 Å². The highest BCUT2D eigenvalue weighted by molar-refractivity contribution is 5.80. The molecular weight excluding hydrogens is 528 g/mol. The second-order valence-corrected chi connectivity index (χ2v) is 11.0. The molecule has 0 aliphatic heterocycles. The summed E-state index contributed by atoms with van der Waals surface area (Å²) in [7, 11) is 0. The lowest BCUT2D eigenvalue weighted by molar-refractivity contribution is 0.517. The van der Waals surface area contributed by atoms with E-state index in [0.717, 1.165) is 40.7 Å². The number of hydrogen-bond donors (Lipinski definition) is 1. The third-order valence-electron chi connectivity index (χ3n) is 8.19. The van der Waals surface area contributed by atoms with Crippen LogP contribution in [0.4, 0.5) is 0 Å². The van der Waals surface area contributed by atoms with Gasteiger partial charge in [0.05, 0.1) is 6.04 Å². The topological polar surface area (TPSA) is 116 Å². The quantitative estimate of drug-likeness (QED) is 0.292. The Morgan fingerprint density at radius 1 is 0.905 bits per heavy atom. The Kier molecular flexibility index (Phi) is 6.38. The van der Waals surface area contributed by atoms with E-state index in [9.17, 15) is 9.59 Å². The van der Waals surface area contributed by atoms with Crippen molar-refractivity contribution in [2.75, 3.05) is 0 Å². The summed E-state index contributed by atoms with van der Waals surface area (Å²) in [6.45, 7) is 4.77. The first-order valence-electron chi connectivity index (χ1n) is 14.2. The van der Waals surface area contributed by atoms with Crippen LogP contribution in [0.1, 0.15) is 42.8 Å². The highest BCUT2D eigenvalue weighted by Gasteiger charge is 2.28. The maximum atomic E-state index is 13.9. The molecule has 3 heterocycles. The molecule has 7 rings (SSSR count). The SMILES string of the molecule is Cc1nc2c(c(=O)n(CC3CC3)c(=O)n2C(C)c2ccccc2)n1Cc1ccc(-c2ccccc2-c2nnn[nH]2)cc1. The predicted molar refractivity (Wildman–Crippen MR) is 160 cm³/mol. The Morgan fingerprint density at radius 3 is 2.31 bits per heavy atom. The largest absolute Gasteiger partial charge is 0.333 e. The van der Waals surface area contributed by atoms with E-state index in [1.165, 1.54) is 4.57 Å². The van der Waals surface area contributed by atoms with Crippen molar-refractivity contribution in [1.29, 1.82) is 0 Å². The summed E-state index contributed by atoms with van der Waals surface area (Å²) in [5.41, 5.74) is 5.26. The van der Waals surface area contributed by atoms with Gasteiger partial charge in [0.15, 0.2) is 17.0 Å². The maximum absolute atomic E-state index is 13.9. The van der Waals surface area contributed by atoms with Gasteiger partial charge in [-0.2, -0.15) is 0 Å². The standard InChI is InChI=1S/C32H30N8O2/c1-20(24-8-4-3-5-9-24)40-30-28(31(41)39(32(40)42)19-22-12-13-22)38(21(2)33-30)18-23-14-16-25(17-15-23)26-10-6-7-11-27(26)29-34-36-37-35-29/h3-11,14-17,20,22H,12-13,18-19H2,1-2H3,(H,34,35,36,37). The van der Waals surface area contributed by atoms with Gasteiger partial charge in [-0.3, -0.25) is 13.9 Å². The highest BCUT2D eigenvalue weighted by atomic mass is 16.2. The molecule has 3 aromatic carbocycles. The lowest BCUT2D eigenvalue weighted by Gasteiger charge is -2.18. The minimum Gasteiger partial charge on any atom is -0.318 e. The maximum Gasteiger partial charge on any atom is 0.333 e. The first-order valence-corrected chi connectivity index (χ1v) is 14.2.